The van der Waals surface area contributed by atoms with Crippen LogP contribution in [0.2, 0.25) is 5.02 Å². The quantitative estimate of drug-likeness (QED) is 0.654. The monoisotopic (exact) mass is 383 g/mol. The fourth-order valence-corrected chi connectivity index (χ4v) is 2.93. The van der Waals surface area contributed by atoms with Crippen LogP contribution < -0.4 is 10.1 Å². The normalized spacial score (nSPS) is 10.4. The van der Waals surface area contributed by atoms with Gasteiger partial charge in [-0.15, -0.1) is 0 Å². The minimum absolute atomic E-state index is 0.265. The zero-order valence-corrected chi connectivity index (χ0v) is 15.5. The van der Waals surface area contributed by atoms with Crippen molar-refractivity contribution >= 4 is 34.2 Å². The Balaban J connectivity index is 1.63. The summed E-state index contributed by atoms with van der Waals surface area (Å²) < 4.78 is 10.5. The van der Waals surface area contributed by atoms with Gasteiger partial charge in [-0.1, -0.05) is 54.1 Å². The third-order valence-electron chi connectivity index (χ3n) is 4.09. The van der Waals surface area contributed by atoms with E-state index in [-0.39, 0.29) is 13.2 Å². The van der Waals surface area contributed by atoms with Crippen LogP contribution in [0, 0.1) is 0 Å². The summed E-state index contributed by atoms with van der Waals surface area (Å²) in [5.41, 5.74) is 1.17. The lowest BCUT2D eigenvalue weighted by molar-refractivity contribution is -0.124. The van der Waals surface area contributed by atoms with Crippen molar-refractivity contribution in [2.75, 3.05) is 13.7 Å². The zero-order chi connectivity index (χ0) is 19.2. The average Bonchev–Trinajstić information content (AvgIpc) is 2.70. The van der Waals surface area contributed by atoms with Crippen LogP contribution >= 0.6 is 11.6 Å². The Hall–Kier alpha value is -3.05. The minimum atomic E-state index is -0.568. The first-order valence-corrected chi connectivity index (χ1v) is 8.71. The highest BCUT2D eigenvalue weighted by molar-refractivity contribution is 6.31. The first-order chi connectivity index (χ1) is 13.1. The molecule has 0 aliphatic heterocycles. The second kappa shape index (κ2) is 8.56. The van der Waals surface area contributed by atoms with Gasteiger partial charge in [0.2, 0.25) is 0 Å². The van der Waals surface area contributed by atoms with Crippen molar-refractivity contribution in [2.45, 2.75) is 6.54 Å². The maximum atomic E-state index is 12.4. The van der Waals surface area contributed by atoms with Gasteiger partial charge in [-0.3, -0.25) is 4.79 Å². The highest BCUT2D eigenvalue weighted by Gasteiger charge is 2.15. The molecule has 0 saturated heterocycles. The molecule has 3 aromatic rings. The molecular formula is C21H18ClNO4. The topological polar surface area (TPSA) is 64.6 Å². The highest BCUT2D eigenvalue weighted by Crippen LogP contribution is 2.28. The van der Waals surface area contributed by atoms with E-state index in [0.29, 0.717) is 21.7 Å². The van der Waals surface area contributed by atoms with Crippen LogP contribution in [0.1, 0.15) is 15.9 Å². The summed E-state index contributed by atoms with van der Waals surface area (Å²) in [6.45, 7) is -0.106. The van der Waals surface area contributed by atoms with E-state index in [1.807, 2.05) is 42.5 Å². The number of benzene rings is 3. The first-order valence-electron chi connectivity index (χ1n) is 8.33. The molecule has 138 valence electrons. The minimum Gasteiger partial charge on any atom is -0.496 e. The molecule has 0 spiro atoms. The van der Waals surface area contributed by atoms with Crippen LogP contribution in [0.5, 0.6) is 5.75 Å². The van der Waals surface area contributed by atoms with E-state index in [0.717, 1.165) is 10.9 Å². The second-order valence-electron chi connectivity index (χ2n) is 5.81. The molecule has 0 atom stereocenters. The van der Waals surface area contributed by atoms with Crippen molar-refractivity contribution in [3.05, 3.63) is 76.8 Å². The number of methoxy groups -OCH3 is 1. The van der Waals surface area contributed by atoms with Gasteiger partial charge in [0.15, 0.2) is 6.61 Å². The maximum Gasteiger partial charge on any atom is 0.339 e. The molecule has 1 N–H and O–H groups in total. The molecule has 1 amide bonds. The molecule has 3 aromatic carbocycles. The average molecular weight is 384 g/mol. The van der Waals surface area contributed by atoms with Gasteiger partial charge in [0.1, 0.15) is 5.75 Å². The number of halogens is 1. The molecule has 0 heterocycles. The second-order valence-corrected chi connectivity index (χ2v) is 6.21. The Morgan fingerprint density at radius 2 is 1.67 bits per heavy atom. The lowest BCUT2D eigenvalue weighted by Gasteiger charge is -2.11. The summed E-state index contributed by atoms with van der Waals surface area (Å²) in [5, 5.41) is 4.76. The van der Waals surface area contributed by atoms with E-state index < -0.39 is 11.9 Å². The number of amides is 1. The molecule has 0 fully saturated rings. The molecule has 0 aromatic heterocycles. The molecule has 6 heteroatoms. The molecule has 27 heavy (non-hydrogen) atoms. The smallest absolute Gasteiger partial charge is 0.339 e. The van der Waals surface area contributed by atoms with Crippen molar-refractivity contribution in [1.29, 1.82) is 0 Å². The number of nitrogens with one attached hydrogen (secondary N) is 1. The summed E-state index contributed by atoms with van der Waals surface area (Å²) >= 11 is 6.05. The van der Waals surface area contributed by atoms with Gasteiger partial charge in [-0.2, -0.15) is 0 Å². The Bertz CT molecular complexity index is 987. The number of rotatable bonds is 6. The van der Waals surface area contributed by atoms with Crippen molar-refractivity contribution < 1.29 is 19.1 Å². The summed E-state index contributed by atoms with van der Waals surface area (Å²) in [7, 11) is 1.57. The Labute approximate surface area is 161 Å². The number of hydrogen-bond donors (Lipinski definition) is 1. The fraction of sp³-hybridized carbons (Fsp3) is 0.143. The lowest BCUT2D eigenvalue weighted by Crippen LogP contribution is -2.28. The van der Waals surface area contributed by atoms with Crippen LogP contribution in [0.15, 0.2) is 60.7 Å². The zero-order valence-electron chi connectivity index (χ0n) is 14.7. The molecule has 0 unspecified atom stereocenters. The van der Waals surface area contributed by atoms with Crippen LogP contribution in [-0.4, -0.2) is 25.6 Å². The van der Waals surface area contributed by atoms with Gasteiger partial charge in [-0.25, -0.2) is 4.79 Å². The Kier molecular flexibility index (Phi) is 5.94. The van der Waals surface area contributed by atoms with E-state index in [4.69, 9.17) is 21.1 Å². The van der Waals surface area contributed by atoms with E-state index in [9.17, 15) is 9.59 Å². The number of esters is 1. The van der Waals surface area contributed by atoms with E-state index in [2.05, 4.69) is 5.32 Å². The van der Waals surface area contributed by atoms with Crippen molar-refractivity contribution in [1.82, 2.24) is 5.32 Å². The van der Waals surface area contributed by atoms with Crippen LogP contribution in [0.25, 0.3) is 10.8 Å². The number of hydrogen-bond acceptors (Lipinski definition) is 4. The molecule has 0 bridgehead atoms. The lowest BCUT2D eigenvalue weighted by atomic mass is 10.0. The third kappa shape index (κ3) is 4.38. The summed E-state index contributed by atoms with van der Waals surface area (Å²) in [5.74, 6) is -0.303. The summed E-state index contributed by atoms with van der Waals surface area (Å²) in [6, 6.07) is 17.9. The molecule has 0 aliphatic rings. The molecule has 3 rings (SSSR count). The van der Waals surface area contributed by atoms with Crippen molar-refractivity contribution in [3.8, 4) is 5.75 Å². The molecular weight excluding hydrogens is 366 g/mol. The van der Waals surface area contributed by atoms with E-state index in [1.165, 1.54) is 0 Å². The van der Waals surface area contributed by atoms with Gasteiger partial charge in [0.05, 0.1) is 12.7 Å². The largest absolute Gasteiger partial charge is 0.496 e. The van der Waals surface area contributed by atoms with Crippen molar-refractivity contribution in [2.24, 2.45) is 0 Å². The highest BCUT2D eigenvalue weighted by atomic mass is 35.5. The fourth-order valence-electron chi connectivity index (χ4n) is 2.72. The van der Waals surface area contributed by atoms with Gasteiger partial charge >= 0.3 is 5.97 Å². The summed E-state index contributed by atoms with van der Waals surface area (Å²) in [4.78, 5) is 24.4. The van der Waals surface area contributed by atoms with Gasteiger partial charge in [-0.05, 0) is 29.1 Å². The molecule has 0 saturated carbocycles. The maximum absolute atomic E-state index is 12.4. The van der Waals surface area contributed by atoms with Gasteiger partial charge < -0.3 is 14.8 Å². The van der Waals surface area contributed by atoms with E-state index >= 15 is 0 Å². The number of carbonyl (C=O) groups excluding carboxylic acids is 2. The third-order valence-corrected chi connectivity index (χ3v) is 4.46. The number of carbonyl (C=O) groups is 2. The van der Waals surface area contributed by atoms with Crippen LogP contribution in [0.3, 0.4) is 0 Å². The van der Waals surface area contributed by atoms with Gasteiger partial charge in [0.25, 0.3) is 5.91 Å². The van der Waals surface area contributed by atoms with E-state index in [1.54, 1.807) is 25.3 Å². The van der Waals surface area contributed by atoms with Crippen molar-refractivity contribution in [3.63, 3.8) is 0 Å². The number of ether oxygens (including phenoxy) is 2. The predicted octanol–water partition coefficient (Wildman–Crippen LogP) is 3.98. The first kappa shape index (κ1) is 18.7. The molecule has 0 radical (unpaired) electrons. The van der Waals surface area contributed by atoms with Crippen LogP contribution in [0.4, 0.5) is 0 Å². The van der Waals surface area contributed by atoms with Gasteiger partial charge in [0, 0.05) is 17.0 Å². The summed E-state index contributed by atoms with van der Waals surface area (Å²) in [6.07, 6.45) is 0. The Morgan fingerprint density at radius 3 is 2.41 bits per heavy atom. The number of fused-ring (bicyclic) bond motifs is 1. The van der Waals surface area contributed by atoms with Crippen LogP contribution in [-0.2, 0) is 16.1 Å². The standard InChI is InChI=1S/C21H18ClNO4/c1-26-19-11-10-17(15-7-3-4-8-16(15)19)21(25)27-13-20(24)23-12-14-6-2-5-9-18(14)22/h2-11H,12-13H2,1H3,(H,23,24). The molecule has 0 aliphatic carbocycles. The molecule has 5 nitrogen and oxygen atoms in total. The predicted molar refractivity (Wildman–Crippen MR) is 104 cm³/mol. The SMILES string of the molecule is COc1ccc(C(=O)OCC(=O)NCc2ccccc2Cl)c2ccccc12. The Morgan fingerprint density at radius 1 is 0.963 bits per heavy atom.